The number of rotatable bonds is 5. The lowest BCUT2D eigenvalue weighted by Gasteiger charge is -2.05. The summed E-state index contributed by atoms with van der Waals surface area (Å²) in [5.41, 5.74) is 0. The second kappa shape index (κ2) is 5.47. The number of nitrogens with zero attached hydrogens (tertiary/aromatic N) is 5. The van der Waals surface area contributed by atoms with Crippen LogP contribution in [0.4, 0.5) is 5.95 Å². The molecule has 0 saturated heterocycles. The SMILES string of the molecule is CC(C)c1nc(NS(=O)(=O)c2cnn(C(C)C)c2)n(C)n1. The average molecular weight is 312 g/mol. The normalized spacial score (nSPS) is 12.3. The highest BCUT2D eigenvalue weighted by molar-refractivity contribution is 7.92. The molecule has 2 rings (SSSR count). The molecule has 0 aliphatic heterocycles. The molecule has 0 atom stereocenters. The minimum absolute atomic E-state index is 0.0938. The lowest BCUT2D eigenvalue weighted by atomic mass is 10.2. The molecule has 0 spiro atoms. The first-order valence-electron chi connectivity index (χ1n) is 6.68. The van der Waals surface area contributed by atoms with Crippen LogP contribution >= 0.6 is 0 Å². The molecule has 0 unspecified atom stereocenters. The molecule has 1 N–H and O–H groups in total. The Labute approximate surface area is 124 Å². The Morgan fingerprint density at radius 3 is 2.38 bits per heavy atom. The number of nitrogens with one attached hydrogen (secondary N) is 1. The topological polar surface area (TPSA) is 94.7 Å². The van der Waals surface area contributed by atoms with Gasteiger partial charge in [0, 0.05) is 25.2 Å². The minimum atomic E-state index is -3.72. The zero-order valence-electron chi connectivity index (χ0n) is 12.8. The first kappa shape index (κ1) is 15.5. The fraction of sp³-hybridized carbons (Fsp3) is 0.583. The second-order valence-corrected chi connectivity index (χ2v) is 7.11. The number of hydrogen-bond donors (Lipinski definition) is 1. The van der Waals surface area contributed by atoms with Gasteiger partial charge in [-0.05, 0) is 13.8 Å². The van der Waals surface area contributed by atoms with Crippen LogP contribution in [0.5, 0.6) is 0 Å². The average Bonchev–Trinajstić information content (AvgIpc) is 2.97. The van der Waals surface area contributed by atoms with E-state index in [1.54, 1.807) is 11.7 Å². The molecule has 116 valence electrons. The zero-order chi connectivity index (χ0) is 15.8. The zero-order valence-corrected chi connectivity index (χ0v) is 13.6. The van der Waals surface area contributed by atoms with Crippen LogP contribution in [0.2, 0.25) is 0 Å². The fourth-order valence-electron chi connectivity index (χ4n) is 1.66. The maximum absolute atomic E-state index is 12.3. The molecule has 0 bridgehead atoms. The summed E-state index contributed by atoms with van der Waals surface area (Å²) in [7, 11) is -2.07. The van der Waals surface area contributed by atoms with E-state index in [0.717, 1.165) is 0 Å². The van der Waals surface area contributed by atoms with Crippen molar-refractivity contribution in [3.8, 4) is 0 Å². The molecular formula is C12H20N6O2S. The van der Waals surface area contributed by atoms with E-state index in [2.05, 4.69) is 19.9 Å². The van der Waals surface area contributed by atoms with Gasteiger partial charge >= 0.3 is 0 Å². The Balaban J connectivity index is 2.28. The summed E-state index contributed by atoms with van der Waals surface area (Å²) >= 11 is 0. The number of anilines is 1. The van der Waals surface area contributed by atoms with Crippen molar-refractivity contribution in [2.45, 2.75) is 44.6 Å². The van der Waals surface area contributed by atoms with Gasteiger partial charge in [-0.25, -0.2) is 17.8 Å². The van der Waals surface area contributed by atoms with E-state index in [1.807, 2.05) is 27.7 Å². The summed E-state index contributed by atoms with van der Waals surface area (Å²) in [6, 6.07) is 0.0938. The summed E-state index contributed by atoms with van der Waals surface area (Å²) in [6.07, 6.45) is 2.81. The molecule has 0 aliphatic carbocycles. The van der Waals surface area contributed by atoms with E-state index >= 15 is 0 Å². The number of sulfonamides is 1. The molecule has 9 heteroatoms. The van der Waals surface area contributed by atoms with Gasteiger partial charge in [0.25, 0.3) is 10.0 Å². The van der Waals surface area contributed by atoms with Gasteiger partial charge in [-0.2, -0.15) is 15.2 Å². The van der Waals surface area contributed by atoms with Gasteiger partial charge in [0.1, 0.15) is 4.90 Å². The van der Waals surface area contributed by atoms with Gasteiger partial charge < -0.3 is 0 Å². The predicted molar refractivity (Wildman–Crippen MR) is 78.5 cm³/mol. The lowest BCUT2D eigenvalue weighted by Crippen LogP contribution is -2.15. The highest BCUT2D eigenvalue weighted by Crippen LogP contribution is 2.17. The highest BCUT2D eigenvalue weighted by Gasteiger charge is 2.21. The first-order chi connectivity index (χ1) is 9.70. The van der Waals surface area contributed by atoms with Gasteiger partial charge in [-0.1, -0.05) is 13.8 Å². The molecule has 0 radical (unpaired) electrons. The molecule has 0 saturated carbocycles. The van der Waals surface area contributed by atoms with Crippen molar-refractivity contribution in [2.75, 3.05) is 4.72 Å². The van der Waals surface area contributed by atoms with Crippen molar-refractivity contribution in [1.82, 2.24) is 24.5 Å². The molecule has 2 aromatic rings. The molecule has 2 heterocycles. The van der Waals surface area contributed by atoms with Crippen LogP contribution in [0, 0.1) is 0 Å². The molecule has 0 fully saturated rings. The smallest absolute Gasteiger partial charge is 0.267 e. The Morgan fingerprint density at radius 1 is 1.24 bits per heavy atom. The molecule has 0 amide bonds. The van der Waals surface area contributed by atoms with E-state index in [4.69, 9.17) is 0 Å². The van der Waals surface area contributed by atoms with E-state index < -0.39 is 10.0 Å². The van der Waals surface area contributed by atoms with Crippen molar-refractivity contribution in [3.63, 3.8) is 0 Å². The van der Waals surface area contributed by atoms with Crippen molar-refractivity contribution in [1.29, 1.82) is 0 Å². The van der Waals surface area contributed by atoms with E-state index in [-0.39, 0.29) is 22.8 Å². The third-order valence-electron chi connectivity index (χ3n) is 2.94. The van der Waals surface area contributed by atoms with Gasteiger partial charge in [0.15, 0.2) is 5.82 Å². The number of aromatic nitrogens is 5. The van der Waals surface area contributed by atoms with Crippen molar-refractivity contribution in [2.24, 2.45) is 7.05 Å². The Hall–Kier alpha value is -1.90. The maximum Gasteiger partial charge on any atom is 0.267 e. The third kappa shape index (κ3) is 3.23. The van der Waals surface area contributed by atoms with Crippen LogP contribution in [0.3, 0.4) is 0 Å². The second-order valence-electron chi connectivity index (χ2n) is 5.43. The third-order valence-corrected chi connectivity index (χ3v) is 4.22. The van der Waals surface area contributed by atoms with E-state index in [1.165, 1.54) is 17.1 Å². The van der Waals surface area contributed by atoms with Crippen molar-refractivity contribution >= 4 is 16.0 Å². The Bertz CT molecular complexity index is 729. The van der Waals surface area contributed by atoms with Crippen LogP contribution in [0.1, 0.15) is 45.5 Å². The van der Waals surface area contributed by atoms with Crippen LogP contribution in [0.25, 0.3) is 0 Å². The van der Waals surface area contributed by atoms with Gasteiger partial charge in [0.2, 0.25) is 5.95 Å². The van der Waals surface area contributed by atoms with Crippen LogP contribution in [-0.4, -0.2) is 33.0 Å². The summed E-state index contributed by atoms with van der Waals surface area (Å²) in [6.45, 7) is 7.74. The van der Waals surface area contributed by atoms with Crippen LogP contribution in [-0.2, 0) is 17.1 Å². The van der Waals surface area contributed by atoms with Gasteiger partial charge in [-0.3, -0.25) is 4.68 Å². The molecule has 0 aliphatic rings. The predicted octanol–water partition coefficient (Wildman–Crippen LogP) is 1.52. The summed E-state index contributed by atoms with van der Waals surface area (Å²) < 4.78 is 30.1. The fourth-order valence-corrected chi connectivity index (χ4v) is 2.63. The maximum atomic E-state index is 12.3. The van der Waals surface area contributed by atoms with Crippen molar-refractivity contribution < 1.29 is 8.42 Å². The Morgan fingerprint density at radius 2 is 1.90 bits per heavy atom. The summed E-state index contributed by atoms with van der Waals surface area (Å²) in [4.78, 5) is 4.30. The van der Waals surface area contributed by atoms with Gasteiger partial charge in [-0.15, -0.1) is 0 Å². The van der Waals surface area contributed by atoms with Gasteiger partial charge in [0.05, 0.1) is 6.20 Å². The number of hydrogen-bond acceptors (Lipinski definition) is 5. The molecule has 2 aromatic heterocycles. The van der Waals surface area contributed by atoms with E-state index in [9.17, 15) is 8.42 Å². The molecule has 8 nitrogen and oxygen atoms in total. The largest absolute Gasteiger partial charge is 0.269 e. The monoisotopic (exact) mass is 312 g/mol. The highest BCUT2D eigenvalue weighted by atomic mass is 32.2. The standard InChI is InChI=1S/C12H20N6O2S/c1-8(2)11-14-12(17(5)15-11)16-21(19,20)10-6-13-18(7-10)9(3)4/h6-9H,1-5H3,(H,14,15,16). The van der Waals surface area contributed by atoms with Crippen molar-refractivity contribution in [3.05, 3.63) is 18.2 Å². The molecule has 21 heavy (non-hydrogen) atoms. The first-order valence-corrected chi connectivity index (χ1v) is 8.17. The molecule has 0 aromatic carbocycles. The summed E-state index contributed by atoms with van der Waals surface area (Å²) in [5, 5.41) is 8.21. The lowest BCUT2D eigenvalue weighted by molar-refractivity contribution is 0.531. The minimum Gasteiger partial charge on any atom is -0.269 e. The molecular weight excluding hydrogens is 292 g/mol. The summed E-state index contributed by atoms with van der Waals surface area (Å²) in [5.74, 6) is 0.905. The number of aryl methyl sites for hydroxylation is 1. The van der Waals surface area contributed by atoms with Crippen LogP contribution in [0.15, 0.2) is 17.3 Å². The van der Waals surface area contributed by atoms with E-state index in [0.29, 0.717) is 5.82 Å². The Kier molecular flexibility index (Phi) is 4.04. The van der Waals surface area contributed by atoms with Crippen LogP contribution < -0.4 is 4.72 Å². The quantitative estimate of drug-likeness (QED) is 0.903.